The van der Waals surface area contributed by atoms with Crippen molar-refractivity contribution in [2.75, 3.05) is 19.5 Å². The van der Waals surface area contributed by atoms with Crippen LogP contribution in [0.3, 0.4) is 0 Å². The maximum atomic E-state index is 12.0. The molecule has 1 rings (SSSR count). The molecule has 0 fully saturated rings. The molecule has 17 heavy (non-hydrogen) atoms. The molecule has 5 heteroatoms. The van der Waals surface area contributed by atoms with Crippen molar-refractivity contribution in [3.05, 3.63) is 28.2 Å². The number of methoxy groups -OCH3 is 1. The lowest BCUT2D eigenvalue weighted by Crippen LogP contribution is -2.37. The number of carbonyl (C=O) groups excluding carboxylic acids is 1. The molecule has 3 N–H and O–H groups in total. The van der Waals surface area contributed by atoms with Crippen molar-refractivity contribution < 1.29 is 9.53 Å². The molecule has 0 aliphatic heterocycles. The first-order valence-electron chi connectivity index (χ1n) is 5.43. The van der Waals surface area contributed by atoms with E-state index < -0.39 is 0 Å². The Balaban J connectivity index is 2.75. The Morgan fingerprint density at radius 1 is 1.59 bits per heavy atom. The molecular weight excluding hydrogens is 284 g/mol. The summed E-state index contributed by atoms with van der Waals surface area (Å²) in [6.45, 7) is 2.49. The molecule has 1 unspecified atom stereocenters. The minimum absolute atomic E-state index is 0.00977. The number of nitrogen functional groups attached to an aromatic ring is 1. The number of hydrogen-bond donors (Lipinski definition) is 2. The third-order valence-electron chi connectivity index (χ3n) is 2.45. The average Bonchev–Trinajstić information content (AvgIpc) is 2.28. The van der Waals surface area contributed by atoms with E-state index in [1.807, 2.05) is 6.92 Å². The van der Waals surface area contributed by atoms with E-state index in [1.165, 1.54) is 0 Å². The number of nitrogens with two attached hydrogens (primary N) is 1. The number of nitrogens with one attached hydrogen (secondary N) is 1. The SMILES string of the molecule is CCC(COC)NC(=O)c1ccc(Br)cc1N. The van der Waals surface area contributed by atoms with Crippen LogP contribution in [0.25, 0.3) is 0 Å². The number of hydrogen-bond acceptors (Lipinski definition) is 3. The van der Waals surface area contributed by atoms with Gasteiger partial charge in [-0.3, -0.25) is 4.79 Å². The summed E-state index contributed by atoms with van der Waals surface area (Å²) in [4.78, 5) is 12.0. The van der Waals surface area contributed by atoms with Crippen LogP contribution in [0, 0.1) is 0 Å². The summed E-state index contributed by atoms with van der Waals surface area (Å²) in [5.41, 5.74) is 6.74. The van der Waals surface area contributed by atoms with E-state index in [9.17, 15) is 4.79 Å². The lowest BCUT2D eigenvalue weighted by molar-refractivity contribution is 0.0895. The van der Waals surface area contributed by atoms with Crippen molar-refractivity contribution in [1.29, 1.82) is 0 Å². The van der Waals surface area contributed by atoms with Crippen molar-refractivity contribution >= 4 is 27.5 Å². The fraction of sp³-hybridized carbons (Fsp3) is 0.417. The zero-order valence-electron chi connectivity index (χ0n) is 10.00. The van der Waals surface area contributed by atoms with Crippen LogP contribution in [-0.2, 0) is 4.74 Å². The van der Waals surface area contributed by atoms with Gasteiger partial charge in [0.05, 0.1) is 18.2 Å². The molecule has 0 aliphatic rings. The molecule has 1 aromatic rings. The van der Waals surface area contributed by atoms with Crippen molar-refractivity contribution in [3.63, 3.8) is 0 Å². The zero-order valence-corrected chi connectivity index (χ0v) is 11.6. The van der Waals surface area contributed by atoms with Crippen LogP contribution in [0.5, 0.6) is 0 Å². The van der Waals surface area contributed by atoms with E-state index >= 15 is 0 Å². The Morgan fingerprint density at radius 2 is 2.29 bits per heavy atom. The van der Waals surface area contributed by atoms with E-state index in [4.69, 9.17) is 10.5 Å². The van der Waals surface area contributed by atoms with E-state index in [2.05, 4.69) is 21.2 Å². The topological polar surface area (TPSA) is 64.3 Å². The first-order valence-corrected chi connectivity index (χ1v) is 6.22. The van der Waals surface area contributed by atoms with Crippen LogP contribution in [-0.4, -0.2) is 25.7 Å². The highest BCUT2D eigenvalue weighted by atomic mass is 79.9. The molecule has 0 saturated heterocycles. The second-order valence-corrected chi connectivity index (χ2v) is 4.68. The molecule has 0 aromatic heterocycles. The van der Waals surface area contributed by atoms with Crippen molar-refractivity contribution in [2.24, 2.45) is 0 Å². The molecule has 0 heterocycles. The second-order valence-electron chi connectivity index (χ2n) is 3.77. The summed E-state index contributed by atoms with van der Waals surface area (Å²) in [5.74, 6) is -0.168. The van der Waals surface area contributed by atoms with E-state index in [0.29, 0.717) is 17.9 Å². The van der Waals surface area contributed by atoms with E-state index in [1.54, 1.807) is 25.3 Å². The van der Waals surface area contributed by atoms with Gasteiger partial charge in [-0.2, -0.15) is 0 Å². The quantitative estimate of drug-likeness (QED) is 0.819. The lowest BCUT2D eigenvalue weighted by atomic mass is 10.1. The molecule has 0 aliphatic carbocycles. The van der Waals surface area contributed by atoms with Crippen LogP contribution in [0.2, 0.25) is 0 Å². The highest BCUT2D eigenvalue weighted by Gasteiger charge is 2.14. The Morgan fingerprint density at radius 3 is 2.82 bits per heavy atom. The Hall–Kier alpha value is -1.07. The van der Waals surface area contributed by atoms with Crippen LogP contribution in [0.15, 0.2) is 22.7 Å². The minimum atomic E-state index is -0.168. The van der Waals surface area contributed by atoms with Crippen LogP contribution < -0.4 is 11.1 Å². The van der Waals surface area contributed by atoms with Gasteiger partial charge in [0, 0.05) is 17.3 Å². The number of halogens is 1. The van der Waals surface area contributed by atoms with Gasteiger partial charge in [0.2, 0.25) is 0 Å². The largest absolute Gasteiger partial charge is 0.398 e. The Labute approximate surface area is 110 Å². The van der Waals surface area contributed by atoms with Gasteiger partial charge < -0.3 is 15.8 Å². The molecule has 0 saturated carbocycles. The van der Waals surface area contributed by atoms with E-state index in [0.717, 1.165) is 10.9 Å². The van der Waals surface area contributed by atoms with Gasteiger partial charge in [0.1, 0.15) is 0 Å². The summed E-state index contributed by atoms with van der Waals surface area (Å²) in [5, 5.41) is 2.88. The summed E-state index contributed by atoms with van der Waals surface area (Å²) in [6.07, 6.45) is 0.815. The summed E-state index contributed by atoms with van der Waals surface area (Å²) in [7, 11) is 1.61. The number of amides is 1. The molecule has 0 spiro atoms. The Kier molecular flexibility index (Phi) is 5.44. The van der Waals surface area contributed by atoms with Crippen molar-refractivity contribution in [2.45, 2.75) is 19.4 Å². The predicted octanol–water partition coefficient (Wildman–Crippen LogP) is 2.19. The van der Waals surface area contributed by atoms with Gasteiger partial charge in [0.15, 0.2) is 0 Å². The first-order chi connectivity index (χ1) is 8.08. The summed E-state index contributed by atoms with van der Waals surface area (Å²) in [6, 6.07) is 5.22. The fourth-order valence-corrected chi connectivity index (χ4v) is 1.85. The molecular formula is C12H17BrN2O2. The maximum Gasteiger partial charge on any atom is 0.253 e. The predicted molar refractivity (Wildman–Crippen MR) is 72.0 cm³/mol. The normalized spacial score (nSPS) is 12.2. The van der Waals surface area contributed by atoms with Gasteiger partial charge in [-0.05, 0) is 24.6 Å². The van der Waals surface area contributed by atoms with Gasteiger partial charge >= 0.3 is 0 Å². The zero-order chi connectivity index (χ0) is 12.8. The van der Waals surface area contributed by atoms with Crippen LogP contribution in [0.4, 0.5) is 5.69 Å². The molecule has 1 atom stereocenters. The van der Waals surface area contributed by atoms with Crippen LogP contribution in [0.1, 0.15) is 23.7 Å². The van der Waals surface area contributed by atoms with Gasteiger partial charge in [0.25, 0.3) is 5.91 Å². The summed E-state index contributed by atoms with van der Waals surface area (Å²) < 4.78 is 5.88. The standard InChI is InChI=1S/C12H17BrN2O2/c1-3-9(7-17-2)15-12(16)10-5-4-8(13)6-11(10)14/h4-6,9H,3,7,14H2,1-2H3,(H,15,16). The summed E-state index contributed by atoms with van der Waals surface area (Å²) >= 11 is 3.30. The second kappa shape index (κ2) is 6.61. The minimum Gasteiger partial charge on any atom is -0.398 e. The lowest BCUT2D eigenvalue weighted by Gasteiger charge is -2.16. The van der Waals surface area contributed by atoms with Crippen molar-refractivity contribution in [1.82, 2.24) is 5.32 Å². The van der Waals surface area contributed by atoms with Crippen molar-refractivity contribution in [3.8, 4) is 0 Å². The highest BCUT2D eigenvalue weighted by Crippen LogP contribution is 2.18. The third kappa shape index (κ3) is 4.02. The maximum absolute atomic E-state index is 12.0. The fourth-order valence-electron chi connectivity index (χ4n) is 1.47. The molecule has 0 bridgehead atoms. The van der Waals surface area contributed by atoms with Gasteiger partial charge in [-0.25, -0.2) is 0 Å². The molecule has 94 valence electrons. The highest BCUT2D eigenvalue weighted by molar-refractivity contribution is 9.10. The monoisotopic (exact) mass is 300 g/mol. The smallest absolute Gasteiger partial charge is 0.253 e. The number of ether oxygens (including phenoxy) is 1. The molecule has 4 nitrogen and oxygen atoms in total. The first kappa shape index (κ1) is 14.0. The Bertz CT molecular complexity index is 396. The van der Waals surface area contributed by atoms with E-state index in [-0.39, 0.29) is 11.9 Å². The molecule has 0 radical (unpaired) electrons. The van der Waals surface area contributed by atoms with Gasteiger partial charge in [-0.15, -0.1) is 0 Å². The average molecular weight is 301 g/mol. The third-order valence-corrected chi connectivity index (χ3v) is 2.95. The number of carbonyl (C=O) groups is 1. The molecule has 1 amide bonds. The number of rotatable bonds is 5. The number of anilines is 1. The number of benzene rings is 1. The van der Waals surface area contributed by atoms with Crippen LogP contribution >= 0.6 is 15.9 Å². The molecule has 1 aromatic carbocycles. The van der Waals surface area contributed by atoms with Gasteiger partial charge in [-0.1, -0.05) is 22.9 Å².